The molecule has 0 saturated carbocycles. The maximum Gasteiger partial charge on any atom is 0.414 e. The van der Waals surface area contributed by atoms with Crippen molar-refractivity contribution in [3.8, 4) is 0 Å². The zero-order valence-corrected chi connectivity index (χ0v) is 10.4. The van der Waals surface area contributed by atoms with Gasteiger partial charge in [-0.2, -0.15) is 0 Å². The van der Waals surface area contributed by atoms with Crippen LogP contribution in [0.3, 0.4) is 0 Å². The Kier molecular flexibility index (Phi) is 5.17. The number of nitrogens with zero attached hydrogens (tertiary/aromatic N) is 2. The van der Waals surface area contributed by atoms with Crippen molar-refractivity contribution in [1.29, 1.82) is 5.41 Å². The van der Waals surface area contributed by atoms with Crippen molar-refractivity contribution in [3.05, 3.63) is 12.3 Å². The van der Waals surface area contributed by atoms with Gasteiger partial charge in [-0.1, -0.05) is 0 Å². The molecule has 90 valence electrons. The molecule has 0 fully saturated rings. The molecule has 0 aromatic carbocycles. The largest absolute Gasteiger partial charge is 0.443 e. The van der Waals surface area contributed by atoms with Gasteiger partial charge < -0.3 is 4.74 Å². The third-order valence-electron chi connectivity index (χ3n) is 1.53. The minimum Gasteiger partial charge on any atom is -0.443 e. The molecule has 1 aliphatic rings. The summed E-state index contributed by atoms with van der Waals surface area (Å²) in [6.07, 6.45) is 4.17. The molecule has 0 bridgehead atoms. The maximum atomic E-state index is 11.6. The van der Waals surface area contributed by atoms with E-state index in [9.17, 15) is 4.79 Å². The summed E-state index contributed by atoms with van der Waals surface area (Å²) >= 11 is 0. The first kappa shape index (κ1) is 14.6. The van der Waals surface area contributed by atoms with Crippen LogP contribution in [0.1, 0.15) is 20.8 Å². The first-order chi connectivity index (χ1) is 6.88. The van der Waals surface area contributed by atoms with Crippen LogP contribution in [0.15, 0.2) is 17.3 Å². The van der Waals surface area contributed by atoms with E-state index >= 15 is 0 Å². The summed E-state index contributed by atoms with van der Waals surface area (Å²) in [4.78, 5) is 16.7. The molecule has 0 unspecified atom stereocenters. The Morgan fingerprint density at radius 1 is 1.56 bits per heavy atom. The van der Waals surface area contributed by atoms with Crippen LogP contribution in [-0.4, -0.2) is 35.2 Å². The normalized spacial score (nSPS) is 15.4. The van der Waals surface area contributed by atoms with Crippen molar-refractivity contribution in [2.45, 2.75) is 26.4 Å². The number of nitrogens with one attached hydrogen (secondary N) is 1. The van der Waals surface area contributed by atoms with Crippen LogP contribution in [-0.2, 0) is 4.74 Å². The Hall–Kier alpha value is -1.36. The first-order valence-corrected chi connectivity index (χ1v) is 4.66. The molecule has 1 rings (SSSR count). The van der Waals surface area contributed by atoms with E-state index in [1.165, 1.54) is 11.1 Å². The van der Waals surface area contributed by atoms with Gasteiger partial charge >= 0.3 is 6.09 Å². The molecule has 0 aromatic heterocycles. The Morgan fingerprint density at radius 2 is 2.19 bits per heavy atom. The number of ether oxygens (including phenoxy) is 1. The van der Waals surface area contributed by atoms with Crippen LogP contribution >= 0.6 is 12.4 Å². The summed E-state index contributed by atoms with van der Waals surface area (Å²) in [5.41, 5.74) is -0.528. The monoisotopic (exact) mass is 245 g/mol. The second-order valence-electron chi connectivity index (χ2n) is 4.17. The summed E-state index contributed by atoms with van der Waals surface area (Å²) < 4.78 is 5.16. The SMILES string of the molecule is CC(C)(C)OC(=O)N1C=CC=NC(=N)C1.Cl. The maximum absolute atomic E-state index is 11.6. The van der Waals surface area contributed by atoms with Gasteiger partial charge in [0.25, 0.3) is 0 Å². The molecule has 0 radical (unpaired) electrons. The van der Waals surface area contributed by atoms with Crippen LogP contribution in [0.2, 0.25) is 0 Å². The minimum absolute atomic E-state index is 0. The Labute approximate surface area is 101 Å². The number of carbonyl (C=O) groups excluding carboxylic acids is 1. The van der Waals surface area contributed by atoms with Crippen LogP contribution in [0.4, 0.5) is 4.79 Å². The highest BCUT2D eigenvalue weighted by molar-refractivity contribution is 5.94. The Balaban J connectivity index is 0.00000225. The summed E-state index contributed by atoms with van der Waals surface area (Å²) in [6, 6.07) is 0. The van der Waals surface area contributed by atoms with Crippen LogP contribution in [0.25, 0.3) is 0 Å². The zero-order chi connectivity index (χ0) is 11.5. The zero-order valence-electron chi connectivity index (χ0n) is 9.56. The fourth-order valence-electron chi connectivity index (χ4n) is 0.976. The number of carbonyl (C=O) groups is 1. The molecule has 1 aliphatic heterocycles. The molecule has 16 heavy (non-hydrogen) atoms. The number of hydrogen-bond donors (Lipinski definition) is 1. The standard InChI is InChI=1S/C10H15N3O2.ClH/c1-10(2,3)15-9(14)13-6-4-5-12-8(11)7-13;/h4-6,11H,7H2,1-3H3;1H. The van der Waals surface area contributed by atoms with E-state index in [0.29, 0.717) is 0 Å². The van der Waals surface area contributed by atoms with Gasteiger partial charge in [-0.15, -0.1) is 12.4 Å². The van der Waals surface area contributed by atoms with Gasteiger partial charge in [-0.05, 0) is 26.8 Å². The van der Waals surface area contributed by atoms with Gasteiger partial charge in [-0.25, -0.2) is 9.79 Å². The van der Waals surface area contributed by atoms with E-state index in [1.807, 2.05) is 0 Å². The molecule has 0 saturated heterocycles. The fourth-order valence-corrected chi connectivity index (χ4v) is 0.976. The fraction of sp³-hybridized carbons (Fsp3) is 0.500. The van der Waals surface area contributed by atoms with Crippen LogP contribution in [0, 0.1) is 5.41 Å². The topological polar surface area (TPSA) is 65.8 Å². The minimum atomic E-state index is -0.528. The quantitative estimate of drug-likeness (QED) is 0.711. The number of hydrogen-bond acceptors (Lipinski definition) is 3. The number of aliphatic imine (C=N–C) groups is 1. The summed E-state index contributed by atoms with van der Waals surface area (Å²) in [5, 5.41) is 7.40. The van der Waals surface area contributed by atoms with Crippen molar-refractivity contribution < 1.29 is 9.53 Å². The highest BCUT2D eigenvalue weighted by Gasteiger charge is 2.21. The van der Waals surface area contributed by atoms with E-state index in [4.69, 9.17) is 10.1 Å². The third kappa shape index (κ3) is 4.93. The second-order valence-corrected chi connectivity index (χ2v) is 4.17. The van der Waals surface area contributed by atoms with Gasteiger partial charge in [-0.3, -0.25) is 10.3 Å². The predicted octanol–water partition coefficient (Wildman–Crippen LogP) is 2.22. The molecule has 0 atom stereocenters. The van der Waals surface area contributed by atoms with Crippen LogP contribution in [0.5, 0.6) is 0 Å². The molecule has 6 heteroatoms. The number of rotatable bonds is 0. The van der Waals surface area contributed by atoms with E-state index in [-0.39, 0.29) is 24.8 Å². The summed E-state index contributed by atoms with van der Waals surface area (Å²) in [7, 11) is 0. The van der Waals surface area contributed by atoms with E-state index in [0.717, 1.165) is 0 Å². The molecule has 1 heterocycles. The number of amidine groups is 1. The van der Waals surface area contributed by atoms with Gasteiger partial charge in [0.2, 0.25) is 0 Å². The van der Waals surface area contributed by atoms with E-state index < -0.39 is 11.7 Å². The van der Waals surface area contributed by atoms with E-state index in [1.54, 1.807) is 33.0 Å². The lowest BCUT2D eigenvalue weighted by molar-refractivity contribution is 0.0357. The van der Waals surface area contributed by atoms with Gasteiger partial charge in [0.15, 0.2) is 0 Å². The second kappa shape index (κ2) is 5.65. The first-order valence-electron chi connectivity index (χ1n) is 4.66. The van der Waals surface area contributed by atoms with Crippen molar-refractivity contribution in [2.24, 2.45) is 4.99 Å². The van der Waals surface area contributed by atoms with Gasteiger partial charge in [0.05, 0.1) is 6.54 Å². The van der Waals surface area contributed by atoms with Gasteiger partial charge in [0.1, 0.15) is 11.4 Å². The molecular formula is C10H16ClN3O2. The number of halogens is 1. The highest BCUT2D eigenvalue weighted by atomic mass is 35.5. The number of amides is 1. The van der Waals surface area contributed by atoms with Crippen molar-refractivity contribution in [3.63, 3.8) is 0 Å². The predicted molar refractivity (Wildman–Crippen MR) is 65.5 cm³/mol. The van der Waals surface area contributed by atoms with Crippen molar-refractivity contribution in [1.82, 2.24) is 4.90 Å². The molecule has 0 aromatic rings. The van der Waals surface area contributed by atoms with E-state index in [2.05, 4.69) is 4.99 Å². The van der Waals surface area contributed by atoms with Gasteiger partial charge in [0, 0.05) is 12.4 Å². The average molecular weight is 246 g/mol. The molecule has 0 spiro atoms. The third-order valence-corrected chi connectivity index (χ3v) is 1.53. The molecule has 5 nitrogen and oxygen atoms in total. The summed E-state index contributed by atoms with van der Waals surface area (Å²) in [5.74, 6) is 0.130. The van der Waals surface area contributed by atoms with Crippen molar-refractivity contribution in [2.75, 3.05) is 6.54 Å². The molecule has 0 aliphatic carbocycles. The average Bonchev–Trinajstić information content (AvgIpc) is 2.26. The van der Waals surface area contributed by atoms with Crippen LogP contribution < -0.4 is 0 Å². The summed E-state index contributed by atoms with van der Waals surface area (Å²) in [6.45, 7) is 5.54. The lowest BCUT2D eigenvalue weighted by atomic mass is 10.2. The smallest absolute Gasteiger partial charge is 0.414 e. The lowest BCUT2D eigenvalue weighted by Gasteiger charge is -2.24. The molecular weight excluding hydrogens is 230 g/mol. The van der Waals surface area contributed by atoms with Crippen molar-refractivity contribution >= 4 is 30.6 Å². The Morgan fingerprint density at radius 3 is 2.75 bits per heavy atom. The Bertz CT molecular complexity index is 331. The number of allylic oxidation sites excluding steroid dienone is 1. The highest BCUT2D eigenvalue weighted by Crippen LogP contribution is 2.10. The molecule has 1 N–H and O–H groups in total. The lowest BCUT2D eigenvalue weighted by Crippen LogP contribution is -2.35. The molecule has 1 amide bonds.